The number of hydrazone groups is 1. The number of carbonyl (C=O) groups is 1. The Morgan fingerprint density at radius 2 is 1.81 bits per heavy atom. The van der Waals surface area contributed by atoms with Crippen LogP contribution in [0, 0.1) is 0 Å². The summed E-state index contributed by atoms with van der Waals surface area (Å²) in [5.41, 5.74) is 2.44. The number of aromatic amines is 1. The van der Waals surface area contributed by atoms with Crippen LogP contribution in [0.1, 0.15) is 12.5 Å². The summed E-state index contributed by atoms with van der Waals surface area (Å²) in [7, 11) is -0.801. The lowest BCUT2D eigenvalue weighted by molar-refractivity contribution is -0.114. The van der Waals surface area contributed by atoms with E-state index >= 15 is 0 Å². The standard InChI is InChI=1S/C20H21N5O5S/c1-13(26)23-16-5-7-17(8-6-16)31(27,28)25-22-12-15-11-21-24-20(15)14-4-9-18(29-2)19(10-14)30-3/h4-12,25H,1-3H3,(H,21,24)(H,23,26)/b22-12-. The molecule has 0 bridgehead atoms. The summed E-state index contributed by atoms with van der Waals surface area (Å²) >= 11 is 0. The number of carbonyl (C=O) groups excluding carboxylic acids is 1. The molecule has 1 heterocycles. The maximum Gasteiger partial charge on any atom is 0.276 e. The quantitative estimate of drug-likeness (QED) is 0.361. The van der Waals surface area contributed by atoms with Crippen molar-refractivity contribution >= 4 is 27.8 Å². The van der Waals surface area contributed by atoms with Crippen molar-refractivity contribution in [1.82, 2.24) is 15.0 Å². The van der Waals surface area contributed by atoms with Gasteiger partial charge in [-0.15, -0.1) is 0 Å². The number of aromatic nitrogens is 2. The number of hydrogen-bond donors (Lipinski definition) is 3. The maximum absolute atomic E-state index is 12.4. The first kappa shape index (κ1) is 21.8. The molecular formula is C20H21N5O5S. The molecule has 0 fully saturated rings. The first-order chi connectivity index (χ1) is 14.8. The molecule has 0 aliphatic rings. The predicted molar refractivity (Wildman–Crippen MR) is 116 cm³/mol. The molecule has 0 saturated heterocycles. The molecule has 1 aromatic heterocycles. The molecule has 0 spiro atoms. The number of nitrogens with zero attached hydrogens (tertiary/aromatic N) is 2. The molecule has 0 saturated carbocycles. The van der Waals surface area contributed by atoms with E-state index in [1.807, 2.05) is 6.07 Å². The van der Waals surface area contributed by atoms with E-state index in [0.29, 0.717) is 28.4 Å². The van der Waals surface area contributed by atoms with Gasteiger partial charge >= 0.3 is 0 Å². The Hall–Kier alpha value is -3.86. The largest absolute Gasteiger partial charge is 0.493 e. The van der Waals surface area contributed by atoms with Crippen molar-refractivity contribution in [3.63, 3.8) is 0 Å². The molecule has 0 unspecified atom stereocenters. The molecule has 0 aliphatic heterocycles. The minimum absolute atomic E-state index is 0.00561. The van der Waals surface area contributed by atoms with Gasteiger partial charge in [-0.25, -0.2) is 4.83 Å². The van der Waals surface area contributed by atoms with Crippen molar-refractivity contribution in [2.24, 2.45) is 5.10 Å². The smallest absolute Gasteiger partial charge is 0.276 e. The summed E-state index contributed by atoms with van der Waals surface area (Å²) in [6, 6.07) is 11.1. The van der Waals surface area contributed by atoms with Crippen LogP contribution in [0.25, 0.3) is 11.3 Å². The lowest BCUT2D eigenvalue weighted by Gasteiger charge is -2.09. The number of nitrogens with one attached hydrogen (secondary N) is 3. The van der Waals surface area contributed by atoms with Gasteiger partial charge in [0.15, 0.2) is 11.5 Å². The molecule has 162 valence electrons. The minimum Gasteiger partial charge on any atom is -0.493 e. The van der Waals surface area contributed by atoms with Crippen LogP contribution in [0.3, 0.4) is 0 Å². The average molecular weight is 443 g/mol. The molecule has 10 nitrogen and oxygen atoms in total. The molecule has 0 aliphatic carbocycles. The number of benzene rings is 2. The highest BCUT2D eigenvalue weighted by molar-refractivity contribution is 7.89. The fourth-order valence-corrected chi connectivity index (χ4v) is 3.55. The second-order valence-electron chi connectivity index (χ2n) is 6.33. The van der Waals surface area contributed by atoms with Gasteiger partial charge in [0, 0.05) is 23.7 Å². The molecule has 3 aromatic rings. The van der Waals surface area contributed by atoms with Crippen molar-refractivity contribution in [2.75, 3.05) is 19.5 Å². The van der Waals surface area contributed by atoms with Crippen LogP contribution in [0.15, 0.2) is 58.7 Å². The van der Waals surface area contributed by atoms with Crippen molar-refractivity contribution in [2.45, 2.75) is 11.8 Å². The molecule has 2 aromatic carbocycles. The van der Waals surface area contributed by atoms with Crippen LogP contribution in [0.4, 0.5) is 5.69 Å². The second kappa shape index (κ2) is 9.30. The number of H-pyrrole nitrogens is 1. The molecule has 3 N–H and O–H groups in total. The second-order valence-corrected chi connectivity index (χ2v) is 7.99. The SMILES string of the molecule is COc1ccc(-c2[nH]ncc2/C=N\NS(=O)(=O)c2ccc(NC(C)=O)cc2)cc1OC. The number of hydrogen-bond acceptors (Lipinski definition) is 7. The summed E-state index contributed by atoms with van der Waals surface area (Å²) in [5.74, 6) is 0.878. The predicted octanol–water partition coefficient (Wildman–Crippen LogP) is 2.36. The highest BCUT2D eigenvalue weighted by Crippen LogP contribution is 2.32. The first-order valence-electron chi connectivity index (χ1n) is 9.02. The Balaban J connectivity index is 1.76. The van der Waals surface area contributed by atoms with Gasteiger partial charge in [-0.2, -0.15) is 18.6 Å². The Morgan fingerprint density at radius 3 is 2.45 bits per heavy atom. The van der Waals surface area contributed by atoms with Crippen molar-refractivity contribution < 1.29 is 22.7 Å². The summed E-state index contributed by atoms with van der Waals surface area (Å²) in [6.45, 7) is 1.37. The summed E-state index contributed by atoms with van der Waals surface area (Å²) in [5, 5.41) is 13.3. The highest BCUT2D eigenvalue weighted by atomic mass is 32.2. The maximum atomic E-state index is 12.4. The lowest BCUT2D eigenvalue weighted by atomic mass is 10.1. The number of amides is 1. The fraction of sp³-hybridized carbons (Fsp3) is 0.150. The fourth-order valence-electron chi connectivity index (χ4n) is 2.75. The monoisotopic (exact) mass is 443 g/mol. The third-order valence-corrected chi connectivity index (χ3v) is 5.44. The Bertz CT molecular complexity index is 1200. The van der Waals surface area contributed by atoms with Gasteiger partial charge in [-0.3, -0.25) is 9.89 Å². The molecule has 1 amide bonds. The van der Waals surface area contributed by atoms with E-state index in [4.69, 9.17) is 9.47 Å². The number of ether oxygens (including phenoxy) is 2. The van der Waals surface area contributed by atoms with Crippen molar-refractivity contribution in [1.29, 1.82) is 0 Å². The highest BCUT2D eigenvalue weighted by Gasteiger charge is 2.14. The number of sulfonamides is 1. The third kappa shape index (κ3) is 5.20. The number of methoxy groups -OCH3 is 2. The van der Waals surface area contributed by atoms with E-state index < -0.39 is 10.0 Å². The van der Waals surface area contributed by atoms with E-state index in [-0.39, 0.29) is 10.8 Å². The van der Waals surface area contributed by atoms with Gasteiger partial charge in [0.05, 0.1) is 37.2 Å². The van der Waals surface area contributed by atoms with E-state index in [2.05, 4.69) is 25.4 Å². The third-order valence-electron chi connectivity index (χ3n) is 4.20. The topological polar surface area (TPSA) is 135 Å². The van der Waals surface area contributed by atoms with Gasteiger partial charge < -0.3 is 14.8 Å². The summed E-state index contributed by atoms with van der Waals surface area (Å²) < 4.78 is 35.4. The van der Waals surface area contributed by atoms with E-state index in [0.717, 1.165) is 5.56 Å². The average Bonchev–Trinajstić information content (AvgIpc) is 3.21. The zero-order chi connectivity index (χ0) is 22.4. The zero-order valence-electron chi connectivity index (χ0n) is 17.0. The minimum atomic E-state index is -3.88. The molecular weight excluding hydrogens is 422 g/mol. The van der Waals surface area contributed by atoms with Gasteiger partial charge in [0.25, 0.3) is 10.0 Å². The molecule has 3 rings (SSSR count). The normalized spacial score (nSPS) is 11.3. The van der Waals surface area contributed by atoms with Crippen LogP contribution >= 0.6 is 0 Å². The lowest BCUT2D eigenvalue weighted by Crippen LogP contribution is -2.18. The Kier molecular flexibility index (Phi) is 6.55. The van der Waals surface area contributed by atoms with Crippen molar-refractivity contribution in [3.8, 4) is 22.8 Å². The van der Waals surface area contributed by atoms with Crippen LogP contribution in [-0.4, -0.2) is 45.0 Å². The van der Waals surface area contributed by atoms with Crippen molar-refractivity contribution in [3.05, 3.63) is 54.2 Å². The van der Waals surface area contributed by atoms with Crippen LogP contribution in [0.5, 0.6) is 11.5 Å². The van der Waals surface area contributed by atoms with Gasteiger partial charge in [-0.05, 0) is 42.5 Å². The van der Waals surface area contributed by atoms with E-state index in [1.54, 1.807) is 19.2 Å². The molecule has 31 heavy (non-hydrogen) atoms. The van der Waals surface area contributed by atoms with Gasteiger partial charge in [0.2, 0.25) is 5.91 Å². The van der Waals surface area contributed by atoms with Crippen LogP contribution in [0.2, 0.25) is 0 Å². The van der Waals surface area contributed by atoms with Crippen LogP contribution in [-0.2, 0) is 14.8 Å². The zero-order valence-corrected chi connectivity index (χ0v) is 17.9. The summed E-state index contributed by atoms with van der Waals surface area (Å²) in [4.78, 5) is 13.2. The van der Waals surface area contributed by atoms with Crippen LogP contribution < -0.4 is 19.6 Å². The molecule has 11 heteroatoms. The first-order valence-corrected chi connectivity index (χ1v) is 10.5. The molecule has 0 atom stereocenters. The number of anilines is 1. The number of rotatable bonds is 8. The van der Waals surface area contributed by atoms with E-state index in [9.17, 15) is 13.2 Å². The van der Waals surface area contributed by atoms with Gasteiger partial charge in [-0.1, -0.05) is 0 Å². The Labute approximate surface area is 179 Å². The Morgan fingerprint density at radius 1 is 1.10 bits per heavy atom. The van der Waals surface area contributed by atoms with E-state index in [1.165, 1.54) is 50.7 Å². The molecule has 0 radical (unpaired) electrons. The summed E-state index contributed by atoms with van der Waals surface area (Å²) in [6.07, 6.45) is 2.87. The van der Waals surface area contributed by atoms with Gasteiger partial charge in [0.1, 0.15) is 0 Å².